The average Bonchev–Trinajstić information content (AvgIpc) is 3.26. The SMILES string of the molecule is COc1ccc(C2CC(C(F)(F)F)n3ncc(C(=O)CC(C)C45CC6CC(CC(C6)C4)C5)c3N2)cc1. The maximum absolute atomic E-state index is 14.1. The number of ketones is 1. The van der Waals surface area contributed by atoms with Gasteiger partial charge in [0.2, 0.25) is 0 Å². The lowest BCUT2D eigenvalue weighted by Crippen LogP contribution is -2.49. The van der Waals surface area contributed by atoms with Crippen molar-refractivity contribution in [3.8, 4) is 5.75 Å². The maximum Gasteiger partial charge on any atom is 0.410 e. The second kappa shape index (κ2) is 8.52. The number of Topliss-reactive ketones (excluding diaryl/α,β-unsaturated/α-hetero) is 1. The van der Waals surface area contributed by atoms with E-state index in [0.717, 1.165) is 28.0 Å². The molecule has 0 spiro atoms. The van der Waals surface area contributed by atoms with Crippen molar-refractivity contribution in [3.63, 3.8) is 0 Å². The number of carbonyl (C=O) groups is 1. The molecule has 5 aliphatic rings. The lowest BCUT2D eigenvalue weighted by Gasteiger charge is -2.59. The van der Waals surface area contributed by atoms with E-state index >= 15 is 0 Å². The molecule has 7 rings (SSSR count). The zero-order chi connectivity index (χ0) is 25.2. The van der Waals surface area contributed by atoms with Gasteiger partial charge in [-0.05, 0) is 85.3 Å². The molecule has 4 bridgehead atoms. The van der Waals surface area contributed by atoms with E-state index in [-0.39, 0.29) is 34.9 Å². The molecule has 0 saturated heterocycles. The molecule has 8 heteroatoms. The summed E-state index contributed by atoms with van der Waals surface area (Å²) in [6, 6.07) is 4.65. The predicted octanol–water partition coefficient (Wildman–Crippen LogP) is 6.98. The Bertz CT molecular complexity index is 1100. The van der Waals surface area contributed by atoms with Crippen molar-refractivity contribution >= 4 is 11.6 Å². The van der Waals surface area contributed by atoms with Crippen LogP contribution in [-0.2, 0) is 0 Å². The standard InChI is InChI=1S/C28H34F3N3O2/c1-16(27-12-17-8-18(13-27)10-19(9-17)14-27)7-24(35)22-15-32-34-25(28(29,30)31)11-23(33-26(22)34)20-3-5-21(36-2)6-4-20/h3-6,15-19,23,25,33H,7-14H2,1-2H3. The van der Waals surface area contributed by atoms with E-state index in [2.05, 4.69) is 17.3 Å². The van der Waals surface area contributed by atoms with Crippen LogP contribution in [0.25, 0.3) is 0 Å². The third-order valence-electron chi connectivity index (χ3n) is 9.68. The number of halogens is 3. The van der Waals surface area contributed by atoms with E-state index in [1.165, 1.54) is 44.7 Å². The van der Waals surface area contributed by atoms with Crippen molar-refractivity contribution in [1.29, 1.82) is 0 Å². The summed E-state index contributed by atoms with van der Waals surface area (Å²) in [4.78, 5) is 13.6. The summed E-state index contributed by atoms with van der Waals surface area (Å²) in [7, 11) is 1.55. The number of ether oxygens (including phenoxy) is 1. The number of alkyl halides is 3. The Morgan fingerprint density at radius 1 is 1.11 bits per heavy atom. The van der Waals surface area contributed by atoms with Gasteiger partial charge in [-0.3, -0.25) is 4.79 Å². The minimum Gasteiger partial charge on any atom is -0.497 e. The van der Waals surface area contributed by atoms with Crippen LogP contribution in [0.2, 0.25) is 0 Å². The Kier molecular flexibility index (Phi) is 5.65. The largest absolute Gasteiger partial charge is 0.497 e. The molecule has 36 heavy (non-hydrogen) atoms. The highest BCUT2D eigenvalue weighted by atomic mass is 19.4. The quantitative estimate of drug-likeness (QED) is 0.434. The van der Waals surface area contributed by atoms with Gasteiger partial charge in [-0.25, -0.2) is 4.68 Å². The highest BCUT2D eigenvalue weighted by Crippen LogP contribution is 2.63. The molecule has 3 atom stereocenters. The number of methoxy groups -OCH3 is 1. The Balaban J connectivity index is 1.26. The van der Waals surface area contributed by atoms with Gasteiger partial charge in [-0.1, -0.05) is 19.1 Å². The van der Waals surface area contributed by atoms with E-state index in [4.69, 9.17) is 4.74 Å². The Morgan fingerprint density at radius 2 is 1.72 bits per heavy atom. The lowest BCUT2D eigenvalue weighted by atomic mass is 9.46. The van der Waals surface area contributed by atoms with Gasteiger partial charge >= 0.3 is 6.18 Å². The lowest BCUT2D eigenvalue weighted by molar-refractivity contribution is -0.173. The van der Waals surface area contributed by atoms with E-state index in [1.54, 1.807) is 31.4 Å². The van der Waals surface area contributed by atoms with E-state index < -0.39 is 18.3 Å². The highest BCUT2D eigenvalue weighted by Gasteiger charge is 2.53. The summed E-state index contributed by atoms with van der Waals surface area (Å²) in [6.45, 7) is 2.19. The number of nitrogens with zero attached hydrogens (tertiary/aromatic N) is 2. The van der Waals surface area contributed by atoms with Crippen molar-refractivity contribution in [2.75, 3.05) is 12.4 Å². The fraction of sp³-hybridized carbons (Fsp3) is 0.643. The first kappa shape index (κ1) is 23.9. The molecular weight excluding hydrogens is 467 g/mol. The van der Waals surface area contributed by atoms with Crippen LogP contribution in [0, 0.1) is 29.1 Å². The van der Waals surface area contributed by atoms with Crippen LogP contribution in [0.5, 0.6) is 5.75 Å². The normalized spacial score (nSPS) is 33.6. The van der Waals surface area contributed by atoms with Crippen molar-refractivity contribution < 1.29 is 22.7 Å². The second-order valence-corrected chi connectivity index (χ2v) is 11.9. The van der Waals surface area contributed by atoms with Gasteiger partial charge in [0.1, 0.15) is 11.6 Å². The molecule has 4 aliphatic carbocycles. The van der Waals surface area contributed by atoms with Gasteiger partial charge in [-0.2, -0.15) is 18.3 Å². The van der Waals surface area contributed by atoms with Gasteiger partial charge < -0.3 is 10.1 Å². The number of rotatable bonds is 6. The zero-order valence-corrected chi connectivity index (χ0v) is 20.9. The minimum absolute atomic E-state index is 0.108. The van der Waals surface area contributed by atoms with Crippen LogP contribution >= 0.6 is 0 Å². The van der Waals surface area contributed by atoms with Gasteiger partial charge in [0, 0.05) is 12.8 Å². The number of hydrogen-bond acceptors (Lipinski definition) is 4. The molecule has 3 unspecified atom stereocenters. The molecule has 2 heterocycles. The highest BCUT2D eigenvalue weighted by molar-refractivity contribution is 6.00. The number of fused-ring (bicyclic) bond motifs is 1. The van der Waals surface area contributed by atoms with Crippen LogP contribution in [0.3, 0.4) is 0 Å². The van der Waals surface area contributed by atoms with E-state index in [1.807, 2.05) is 0 Å². The third kappa shape index (κ3) is 4.01. The summed E-state index contributed by atoms with van der Waals surface area (Å²) >= 11 is 0. The molecule has 1 aromatic carbocycles. The summed E-state index contributed by atoms with van der Waals surface area (Å²) in [6.07, 6.45) is 4.66. The van der Waals surface area contributed by atoms with Crippen molar-refractivity contribution in [1.82, 2.24) is 9.78 Å². The molecule has 194 valence electrons. The maximum atomic E-state index is 14.1. The predicted molar refractivity (Wildman–Crippen MR) is 130 cm³/mol. The molecule has 1 aromatic heterocycles. The molecule has 4 fully saturated rings. The van der Waals surface area contributed by atoms with Crippen LogP contribution < -0.4 is 10.1 Å². The van der Waals surface area contributed by atoms with Gasteiger partial charge in [0.05, 0.1) is 24.9 Å². The van der Waals surface area contributed by atoms with Gasteiger partial charge in [-0.15, -0.1) is 0 Å². The number of aromatic nitrogens is 2. The topological polar surface area (TPSA) is 56.2 Å². The fourth-order valence-electron chi connectivity index (χ4n) is 8.21. The van der Waals surface area contributed by atoms with E-state index in [9.17, 15) is 18.0 Å². The monoisotopic (exact) mass is 501 g/mol. The fourth-order valence-corrected chi connectivity index (χ4v) is 8.21. The Labute approximate surface area is 209 Å². The molecule has 2 aromatic rings. The van der Waals surface area contributed by atoms with Gasteiger partial charge in [0.15, 0.2) is 11.8 Å². The first-order valence-electron chi connectivity index (χ1n) is 13.2. The molecule has 1 N–H and O–H groups in total. The van der Waals surface area contributed by atoms with Crippen molar-refractivity contribution in [2.24, 2.45) is 29.1 Å². The first-order valence-corrected chi connectivity index (χ1v) is 13.2. The van der Waals surface area contributed by atoms with Crippen molar-refractivity contribution in [2.45, 2.75) is 76.6 Å². The first-order chi connectivity index (χ1) is 17.1. The van der Waals surface area contributed by atoms with Crippen LogP contribution in [0.15, 0.2) is 30.5 Å². The van der Waals surface area contributed by atoms with Crippen LogP contribution in [0.1, 0.15) is 86.3 Å². The van der Waals surface area contributed by atoms with Crippen LogP contribution in [0.4, 0.5) is 19.0 Å². The number of hydrogen-bond donors (Lipinski definition) is 1. The summed E-state index contributed by atoms with van der Waals surface area (Å²) in [5.74, 6) is 3.30. The molecule has 0 amide bonds. The van der Waals surface area contributed by atoms with E-state index in [0.29, 0.717) is 12.2 Å². The Morgan fingerprint density at radius 3 is 2.28 bits per heavy atom. The molecule has 5 nitrogen and oxygen atoms in total. The molecular formula is C28H34F3N3O2. The summed E-state index contributed by atoms with van der Waals surface area (Å²) in [5.41, 5.74) is 1.21. The smallest absolute Gasteiger partial charge is 0.410 e. The van der Waals surface area contributed by atoms with Crippen molar-refractivity contribution in [3.05, 3.63) is 41.6 Å². The average molecular weight is 502 g/mol. The number of nitrogens with one attached hydrogen (secondary N) is 1. The number of carbonyl (C=O) groups excluding carboxylic acids is 1. The zero-order valence-electron chi connectivity index (χ0n) is 20.9. The van der Waals surface area contributed by atoms with Crippen LogP contribution in [-0.4, -0.2) is 28.8 Å². The number of benzene rings is 1. The summed E-state index contributed by atoms with van der Waals surface area (Å²) in [5, 5.41) is 7.30. The minimum atomic E-state index is -4.47. The summed E-state index contributed by atoms with van der Waals surface area (Å²) < 4.78 is 48.4. The second-order valence-electron chi connectivity index (χ2n) is 11.9. The molecule has 1 aliphatic heterocycles. The Hall–Kier alpha value is -2.51. The molecule has 0 radical (unpaired) electrons. The molecule has 4 saturated carbocycles. The van der Waals surface area contributed by atoms with Gasteiger partial charge in [0.25, 0.3) is 0 Å². The third-order valence-corrected chi connectivity index (χ3v) is 9.68. The number of anilines is 1.